The Hall–Kier alpha value is -4.44. The number of benzene rings is 2. The summed E-state index contributed by atoms with van der Waals surface area (Å²) in [5.41, 5.74) is 2.82. The van der Waals surface area contributed by atoms with Gasteiger partial charge in [0.1, 0.15) is 11.6 Å². The summed E-state index contributed by atoms with van der Waals surface area (Å²) in [6.07, 6.45) is -9.56. The Balaban J connectivity index is 1.46. The maximum absolute atomic E-state index is 14.7. The number of hydrogen-bond donors (Lipinski definition) is 1. The molecule has 1 aliphatic heterocycles. The van der Waals surface area contributed by atoms with Gasteiger partial charge in [-0.3, -0.25) is 14.3 Å². The van der Waals surface area contributed by atoms with Crippen molar-refractivity contribution in [3.8, 4) is 0 Å². The highest BCUT2D eigenvalue weighted by atomic mass is 19.4. The number of rotatable bonds is 8. The van der Waals surface area contributed by atoms with E-state index in [1.807, 2.05) is 0 Å². The maximum Gasteiger partial charge on any atom is 0.449 e. The molecule has 2 N–H and O–H groups in total. The monoisotopic (exact) mass is 640 g/mol. The van der Waals surface area contributed by atoms with Crippen LogP contribution in [0.15, 0.2) is 74.7 Å². The van der Waals surface area contributed by atoms with E-state index in [9.17, 15) is 40.3 Å². The van der Waals surface area contributed by atoms with Crippen LogP contribution in [0, 0.1) is 5.82 Å². The molecular formula is C29H27F7N6O3. The molecule has 4 aromatic rings. The fourth-order valence-corrected chi connectivity index (χ4v) is 5.10. The fourth-order valence-electron chi connectivity index (χ4n) is 5.10. The van der Waals surface area contributed by atoms with Gasteiger partial charge in [-0.2, -0.15) is 26.3 Å². The Morgan fingerprint density at radius 1 is 0.844 bits per heavy atom. The van der Waals surface area contributed by atoms with Crippen molar-refractivity contribution in [1.29, 1.82) is 0 Å². The van der Waals surface area contributed by atoms with Crippen molar-refractivity contribution in [2.45, 2.75) is 38.0 Å². The highest BCUT2D eigenvalue weighted by Gasteiger charge is 2.36. The van der Waals surface area contributed by atoms with Gasteiger partial charge >= 0.3 is 18.0 Å². The van der Waals surface area contributed by atoms with Crippen LogP contribution in [-0.2, 0) is 32.0 Å². The average Bonchev–Trinajstić information content (AvgIpc) is 3.47. The van der Waals surface area contributed by atoms with E-state index in [1.165, 1.54) is 11.0 Å². The van der Waals surface area contributed by atoms with Crippen LogP contribution in [0.25, 0.3) is 0 Å². The van der Waals surface area contributed by atoms with E-state index in [1.54, 1.807) is 35.2 Å². The molecule has 0 spiro atoms. The fraction of sp³-hybridized carbons (Fsp3) is 0.345. The van der Waals surface area contributed by atoms with E-state index < -0.39 is 58.9 Å². The van der Waals surface area contributed by atoms with Crippen molar-refractivity contribution in [2.24, 2.45) is 5.73 Å². The number of furan rings is 1. The molecule has 0 bridgehead atoms. The van der Waals surface area contributed by atoms with Gasteiger partial charge in [0, 0.05) is 37.8 Å². The van der Waals surface area contributed by atoms with Crippen LogP contribution in [0.4, 0.5) is 36.6 Å². The van der Waals surface area contributed by atoms with E-state index in [2.05, 4.69) is 5.10 Å². The van der Waals surface area contributed by atoms with E-state index >= 15 is 0 Å². The van der Waals surface area contributed by atoms with Crippen LogP contribution in [0.5, 0.6) is 0 Å². The van der Waals surface area contributed by atoms with Crippen LogP contribution >= 0.6 is 0 Å². The van der Waals surface area contributed by atoms with Crippen molar-refractivity contribution in [3.63, 3.8) is 0 Å². The van der Waals surface area contributed by atoms with Gasteiger partial charge in [-0.05, 0) is 29.8 Å². The zero-order valence-electron chi connectivity index (χ0n) is 23.5. The summed E-state index contributed by atoms with van der Waals surface area (Å²) < 4.78 is 101. The second kappa shape index (κ2) is 12.5. The lowest BCUT2D eigenvalue weighted by Crippen LogP contribution is -2.51. The van der Waals surface area contributed by atoms with E-state index in [-0.39, 0.29) is 50.8 Å². The highest BCUT2D eigenvalue weighted by Crippen LogP contribution is 2.33. The third-order valence-electron chi connectivity index (χ3n) is 7.44. The van der Waals surface area contributed by atoms with Gasteiger partial charge in [-0.15, -0.1) is 5.10 Å². The number of piperazine rings is 1. The number of nitrogens with two attached hydrogens (primary N) is 1. The normalized spacial score (nSPS) is 15.4. The number of anilines is 1. The van der Waals surface area contributed by atoms with Crippen LogP contribution in [0.1, 0.15) is 34.3 Å². The third kappa shape index (κ3) is 7.12. The minimum absolute atomic E-state index is 0.0561. The first-order chi connectivity index (χ1) is 21.2. The molecule has 0 unspecified atom stereocenters. The van der Waals surface area contributed by atoms with Crippen LogP contribution in [-0.4, -0.2) is 45.4 Å². The Labute approximate surface area is 250 Å². The summed E-state index contributed by atoms with van der Waals surface area (Å²) in [6, 6.07) is 12.1. The molecular weight excluding hydrogens is 613 g/mol. The second-order valence-electron chi connectivity index (χ2n) is 10.5. The molecule has 3 heterocycles. The first-order valence-corrected chi connectivity index (χ1v) is 13.7. The van der Waals surface area contributed by atoms with Gasteiger partial charge in [-0.25, -0.2) is 13.9 Å². The summed E-state index contributed by atoms with van der Waals surface area (Å²) >= 11 is 0. The van der Waals surface area contributed by atoms with Gasteiger partial charge in [0.25, 0.3) is 5.56 Å². The smallest absolute Gasteiger partial charge is 0.449 e. The van der Waals surface area contributed by atoms with E-state index in [0.29, 0.717) is 16.3 Å². The molecule has 2 aromatic carbocycles. The zero-order valence-corrected chi connectivity index (χ0v) is 23.5. The van der Waals surface area contributed by atoms with Crippen LogP contribution < -0.4 is 21.9 Å². The Morgan fingerprint density at radius 3 is 2.16 bits per heavy atom. The molecule has 0 saturated carbocycles. The topological polar surface area (TPSA) is 103 Å². The molecule has 5 rings (SSSR count). The highest BCUT2D eigenvalue weighted by molar-refractivity contribution is 5.36. The summed E-state index contributed by atoms with van der Waals surface area (Å²) in [6.45, 7) is -0.457. The van der Waals surface area contributed by atoms with Crippen LogP contribution in [0.3, 0.4) is 0 Å². The molecule has 45 heavy (non-hydrogen) atoms. The van der Waals surface area contributed by atoms with Crippen molar-refractivity contribution in [2.75, 3.05) is 31.1 Å². The summed E-state index contributed by atoms with van der Waals surface area (Å²) in [4.78, 5) is 30.4. The minimum atomic E-state index is -4.93. The van der Waals surface area contributed by atoms with Gasteiger partial charge in [0.05, 0.1) is 25.2 Å². The number of halogens is 7. The summed E-state index contributed by atoms with van der Waals surface area (Å²) in [7, 11) is 0. The quantitative estimate of drug-likeness (QED) is 0.288. The third-order valence-corrected chi connectivity index (χ3v) is 7.44. The number of nitrogens with zero attached hydrogens (tertiary/aromatic N) is 5. The first kappa shape index (κ1) is 32.0. The van der Waals surface area contributed by atoms with Crippen molar-refractivity contribution >= 4 is 5.82 Å². The standard InChI is InChI=1S/C29H27F7N6O3/c30-22-8-4-7-21(28(31,32)33)20(22)16-42-27(44)41(17-23(37)18-5-2-1-3-6-18)26(43)25(38-42)40-13-11-39(12-14-40)15-19-9-10-24(45-19)29(34,35)36/h1-10,23H,11-17,37H2/t23-/m1/s1. The molecule has 0 aliphatic carbocycles. The molecule has 240 valence electrons. The molecule has 16 heteroatoms. The summed E-state index contributed by atoms with van der Waals surface area (Å²) in [5.74, 6) is -2.51. The van der Waals surface area contributed by atoms with Crippen molar-refractivity contribution in [3.05, 3.63) is 116 Å². The molecule has 9 nitrogen and oxygen atoms in total. The Morgan fingerprint density at radius 2 is 1.53 bits per heavy atom. The number of hydrogen-bond acceptors (Lipinski definition) is 7. The van der Waals surface area contributed by atoms with Gasteiger partial charge < -0.3 is 15.1 Å². The number of aromatic nitrogens is 3. The van der Waals surface area contributed by atoms with Crippen molar-refractivity contribution < 1.29 is 35.2 Å². The van der Waals surface area contributed by atoms with E-state index in [4.69, 9.17) is 10.2 Å². The molecule has 0 amide bonds. The lowest BCUT2D eigenvalue weighted by molar-refractivity contribution is -0.153. The SMILES string of the molecule is N[C@H](Cn1c(=O)c(N2CCN(Cc3ccc(C(F)(F)F)o3)CC2)nn(Cc2c(F)cccc2C(F)(F)F)c1=O)c1ccccc1. The maximum atomic E-state index is 14.7. The Kier molecular flexibility index (Phi) is 8.89. The lowest BCUT2D eigenvalue weighted by atomic mass is 10.1. The molecule has 2 aromatic heterocycles. The van der Waals surface area contributed by atoms with E-state index in [0.717, 1.165) is 22.8 Å². The molecule has 1 saturated heterocycles. The molecule has 1 atom stereocenters. The average molecular weight is 641 g/mol. The first-order valence-electron chi connectivity index (χ1n) is 13.7. The Bertz CT molecular complexity index is 1760. The lowest BCUT2D eigenvalue weighted by Gasteiger charge is -2.34. The predicted molar refractivity (Wildman–Crippen MR) is 148 cm³/mol. The van der Waals surface area contributed by atoms with Crippen LogP contribution in [0.2, 0.25) is 0 Å². The van der Waals surface area contributed by atoms with Crippen molar-refractivity contribution in [1.82, 2.24) is 19.2 Å². The largest absolute Gasteiger partial charge is 0.455 e. The minimum Gasteiger partial charge on any atom is -0.455 e. The molecule has 0 radical (unpaired) electrons. The predicted octanol–water partition coefficient (Wildman–Crippen LogP) is 4.25. The second-order valence-corrected chi connectivity index (χ2v) is 10.5. The number of alkyl halides is 6. The van der Waals surface area contributed by atoms with Gasteiger partial charge in [-0.1, -0.05) is 36.4 Å². The molecule has 1 fully saturated rings. The zero-order chi connectivity index (χ0) is 32.5. The van der Waals surface area contributed by atoms with Gasteiger partial charge in [0.15, 0.2) is 0 Å². The molecule has 1 aliphatic rings. The van der Waals surface area contributed by atoms with Gasteiger partial charge in [0.2, 0.25) is 11.6 Å². The summed E-state index contributed by atoms with van der Waals surface area (Å²) in [5, 5.41) is 4.10.